The van der Waals surface area contributed by atoms with Crippen molar-refractivity contribution >= 4 is 19.3 Å². The third-order valence-corrected chi connectivity index (χ3v) is 2.97. The number of rotatable bonds is 2. The first kappa shape index (κ1) is 7.60. The van der Waals surface area contributed by atoms with Crippen LogP contribution in [-0.4, -0.2) is 14.9 Å². The van der Waals surface area contributed by atoms with Crippen LogP contribution in [0, 0.1) is 0 Å². The van der Waals surface area contributed by atoms with Crippen molar-refractivity contribution in [1.82, 2.24) is 0 Å². The van der Waals surface area contributed by atoms with Crippen LogP contribution >= 0.6 is 0 Å². The van der Waals surface area contributed by atoms with Crippen LogP contribution < -0.4 is 10.2 Å². The summed E-state index contributed by atoms with van der Waals surface area (Å²) >= 11 is -2.57. The van der Waals surface area contributed by atoms with Crippen LogP contribution in [0.4, 0.5) is 0 Å². The Bertz CT molecular complexity index is 224. The van der Waals surface area contributed by atoms with E-state index in [4.69, 9.17) is 5.90 Å². The van der Waals surface area contributed by atoms with Crippen LogP contribution in [0.15, 0.2) is 30.3 Å². The second-order valence-corrected chi connectivity index (χ2v) is 4.30. The number of hydrogen-bond donors (Lipinski definition) is 1. The molecule has 2 N–H and O–H groups in total. The fourth-order valence-corrected chi connectivity index (χ4v) is 1.74. The molecular formula is C6H7AsNO2. The van der Waals surface area contributed by atoms with Gasteiger partial charge in [0.05, 0.1) is 0 Å². The third kappa shape index (κ3) is 1.74. The van der Waals surface area contributed by atoms with E-state index >= 15 is 0 Å². The van der Waals surface area contributed by atoms with Gasteiger partial charge in [0.1, 0.15) is 0 Å². The first-order chi connectivity index (χ1) is 4.84. The van der Waals surface area contributed by atoms with Crippen molar-refractivity contribution in [3.63, 3.8) is 0 Å². The van der Waals surface area contributed by atoms with Crippen LogP contribution in [0.3, 0.4) is 0 Å². The molecule has 0 fully saturated rings. The standard InChI is InChI=1S/C6H7AsNO2/c8-10-7(9)6-4-2-1-3-5-6/h1-5H,8H2. The van der Waals surface area contributed by atoms with Crippen molar-refractivity contribution in [3.05, 3.63) is 30.3 Å². The Morgan fingerprint density at radius 2 is 1.90 bits per heavy atom. The van der Waals surface area contributed by atoms with Crippen LogP contribution in [-0.2, 0) is 7.57 Å². The van der Waals surface area contributed by atoms with E-state index in [-0.39, 0.29) is 0 Å². The molecule has 3 nitrogen and oxygen atoms in total. The van der Waals surface area contributed by atoms with Crippen LogP contribution in [0.2, 0.25) is 0 Å². The minimum absolute atomic E-state index is 0.692. The molecule has 4 heteroatoms. The molecule has 0 aliphatic rings. The first-order valence-electron chi connectivity index (χ1n) is 2.74. The third-order valence-electron chi connectivity index (χ3n) is 1.06. The molecule has 1 aromatic rings. The number of hydrogen-bond acceptors (Lipinski definition) is 3. The Morgan fingerprint density at radius 1 is 1.30 bits per heavy atom. The molecule has 0 saturated carbocycles. The Hall–Kier alpha value is -0.502. The van der Waals surface area contributed by atoms with E-state index in [0.717, 1.165) is 0 Å². The van der Waals surface area contributed by atoms with Crippen LogP contribution in [0.5, 0.6) is 0 Å². The van der Waals surface area contributed by atoms with E-state index in [2.05, 4.69) is 3.83 Å². The summed E-state index contributed by atoms with van der Waals surface area (Å²) < 4.78 is 15.8. The average Bonchev–Trinajstić information content (AvgIpc) is 2.05. The molecule has 1 rings (SSSR count). The zero-order chi connectivity index (χ0) is 7.40. The van der Waals surface area contributed by atoms with Crippen molar-refractivity contribution in [1.29, 1.82) is 0 Å². The summed E-state index contributed by atoms with van der Waals surface area (Å²) in [4.78, 5) is 0. The summed E-state index contributed by atoms with van der Waals surface area (Å²) in [5, 5.41) is 0. The predicted molar refractivity (Wildman–Crippen MR) is 37.8 cm³/mol. The van der Waals surface area contributed by atoms with E-state index in [9.17, 15) is 3.74 Å². The van der Waals surface area contributed by atoms with Gasteiger partial charge in [0.2, 0.25) is 0 Å². The first-order valence-corrected chi connectivity index (χ1v) is 5.21. The maximum absolute atomic E-state index is 10.9. The van der Waals surface area contributed by atoms with Gasteiger partial charge < -0.3 is 0 Å². The Kier molecular flexibility index (Phi) is 2.75. The molecule has 1 radical (unpaired) electrons. The quantitative estimate of drug-likeness (QED) is 0.526. The molecule has 0 saturated heterocycles. The predicted octanol–water partition coefficient (Wildman–Crippen LogP) is -0.297. The van der Waals surface area contributed by atoms with Gasteiger partial charge in [-0.3, -0.25) is 0 Å². The maximum atomic E-state index is 10.9. The van der Waals surface area contributed by atoms with E-state index in [1.54, 1.807) is 24.3 Å². The SMILES string of the molecule is NO[As](=O)c1ccccc1. The summed E-state index contributed by atoms with van der Waals surface area (Å²) in [6.07, 6.45) is 0. The Labute approximate surface area is 63.6 Å². The molecule has 1 aromatic carbocycles. The minimum atomic E-state index is -2.57. The van der Waals surface area contributed by atoms with Crippen molar-refractivity contribution in [2.45, 2.75) is 0 Å². The van der Waals surface area contributed by atoms with Gasteiger partial charge in [0.15, 0.2) is 0 Å². The van der Waals surface area contributed by atoms with Crippen molar-refractivity contribution < 1.29 is 7.57 Å². The second kappa shape index (κ2) is 3.61. The van der Waals surface area contributed by atoms with Crippen molar-refractivity contribution in [2.24, 2.45) is 5.90 Å². The summed E-state index contributed by atoms with van der Waals surface area (Å²) in [5.41, 5.74) is 0. The zero-order valence-corrected chi connectivity index (χ0v) is 7.10. The van der Waals surface area contributed by atoms with Gasteiger partial charge in [-0.1, -0.05) is 0 Å². The molecular weight excluding hydrogens is 193 g/mol. The Balaban J connectivity index is 2.85. The topological polar surface area (TPSA) is 52.3 Å². The van der Waals surface area contributed by atoms with Gasteiger partial charge in [-0.25, -0.2) is 0 Å². The van der Waals surface area contributed by atoms with Crippen molar-refractivity contribution in [3.8, 4) is 0 Å². The molecule has 10 heavy (non-hydrogen) atoms. The molecule has 0 heterocycles. The van der Waals surface area contributed by atoms with Gasteiger partial charge in [-0.05, 0) is 0 Å². The van der Waals surface area contributed by atoms with Crippen molar-refractivity contribution in [2.75, 3.05) is 0 Å². The van der Waals surface area contributed by atoms with Crippen LogP contribution in [0.25, 0.3) is 0 Å². The molecule has 1 atom stereocenters. The molecule has 0 aromatic heterocycles. The molecule has 0 spiro atoms. The van der Waals surface area contributed by atoms with Gasteiger partial charge >= 0.3 is 63.1 Å². The normalized spacial score (nSPS) is 11.1. The zero-order valence-electron chi connectivity index (χ0n) is 5.23. The molecule has 0 bridgehead atoms. The Morgan fingerprint density at radius 3 is 2.40 bits per heavy atom. The average molecular weight is 200 g/mol. The fourth-order valence-electron chi connectivity index (χ4n) is 0.611. The second-order valence-electron chi connectivity index (χ2n) is 1.70. The summed E-state index contributed by atoms with van der Waals surface area (Å²) in [6.45, 7) is 0. The van der Waals surface area contributed by atoms with Crippen LogP contribution in [0.1, 0.15) is 0 Å². The van der Waals surface area contributed by atoms with E-state index in [1.165, 1.54) is 0 Å². The summed E-state index contributed by atoms with van der Waals surface area (Å²) in [5.74, 6) is 4.76. The van der Waals surface area contributed by atoms with E-state index in [0.29, 0.717) is 4.35 Å². The number of nitrogens with two attached hydrogens (primary N) is 1. The number of benzene rings is 1. The van der Waals surface area contributed by atoms with Gasteiger partial charge in [-0.15, -0.1) is 0 Å². The molecule has 0 amide bonds. The molecule has 1 unspecified atom stereocenters. The fraction of sp³-hybridized carbons (Fsp3) is 0. The van der Waals surface area contributed by atoms with Gasteiger partial charge in [0, 0.05) is 0 Å². The van der Waals surface area contributed by atoms with Gasteiger partial charge in [0.25, 0.3) is 0 Å². The summed E-state index contributed by atoms with van der Waals surface area (Å²) in [7, 11) is 0. The molecule has 0 aliphatic heterocycles. The summed E-state index contributed by atoms with van der Waals surface area (Å²) in [6, 6.07) is 8.92. The monoisotopic (exact) mass is 200 g/mol. The molecule has 0 aliphatic carbocycles. The molecule has 53 valence electrons. The van der Waals surface area contributed by atoms with E-state index in [1.807, 2.05) is 6.07 Å². The van der Waals surface area contributed by atoms with E-state index < -0.39 is 14.9 Å². The van der Waals surface area contributed by atoms with Gasteiger partial charge in [-0.2, -0.15) is 0 Å².